The molecular formula is C22H38N6O7. The molecule has 1 saturated heterocycles. The molecule has 1 rings (SSSR count). The van der Waals surface area contributed by atoms with E-state index in [1.165, 1.54) is 11.8 Å². The molecule has 1 fully saturated rings. The van der Waals surface area contributed by atoms with Crippen LogP contribution in [-0.4, -0.2) is 89.3 Å². The van der Waals surface area contributed by atoms with Gasteiger partial charge in [-0.05, 0) is 31.6 Å². The van der Waals surface area contributed by atoms with Gasteiger partial charge in [-0.1, -0.05) is 27.7 Å². The number of nitrogens with two attached hydrogens (primary N) is 1. The van der Waals surface area contributed by atoms with Crippen molar-refractivity contribution < 1.29 is 33.9 Å². The largest absolute Gasteiger partial charge is 0.480 e. The average molecular weight is 499 g/mol. The Morgan fingerprint density at radius 1 is 0.914 bits per heavy atom. The highest BCUT2D eigenvalue weighted by Gasteiger charge is 2.38. The van der Waals surface area contributed by atoms with Crippen LogP contribution in [0.4, 0.5) is 0 Å². The van der Waals surface area contributed by atoms with Gasteiger partial charge in [0.15, 0.2) is 0 Å². The average Bonchev–Trinajstić information content (AvgIpc) is 3.27. The number of aliphatic carboxylic acids is 1. The van der Waals surface area contributed by atoms with Crippen molar-refractivity contribution in [2.75, 3.05) is 19.6 Å². The third-order valence-corrected chi connectivity index (χ3v) is 5.69. The maximum Gasteiger partial charge on any atom is 0.322 e. The second-order valence-electron chi connectivity index (χ2n) is 9.31. The van der Waals surface area contributed by atoms with E-state index < -0.39 is 66.2 Å². The summed E-state index contributed by atoms with van der Waals surface area (Å²) in [5.74, 6) is -4.33. The van der Waals surface area contributed by atoms with Crippen molar-refractivity contribution in [2.24, 2.45) is 17.6 Å². The number of hydrogen-bond donors (Lipinski definition) is 6. The first kappa shape index (κ1) is 29.8. The zero-order valence-electron chi connectivity index (χ0n) is 20.9. The summed E-state index contributed by atoms with van der Waals surface area (Å²) in [5, 5.41) is 18.5. The standard InChI is InChI=1S/C22H38N6O7/c1-11(2)17(23)20(33)24-9-15(29)26-13(5)22(35)28-8-6-7-14(28)19(32)27-18(12(3)4)21(34)25-10-16(30)31/h11-14,17-18H,6-10,23H2,1-5H3,(H,24,33)(H,25,34)(H,26,29)(H,27,32)(H,30,31)/t13-,14-,17-,18-/m0/s1. The second-order valence-corrected chi connectivity index (χ2v) is 9.31. The van der Waals surface area contributed by atoms with E-state index in [0.29, 0.717) is 19.4 Å². The number of carbonyl (C=O) groups is 6. The Kier molecular flexibility index (Phi) is 11.6. The molecule has 0 aromatic rings. The molecule has 0 radical (unpaired) electrons. The molecule has 35 heavy (non-hydrogen) atoms. The zero-order chi connectivity index (χ0) is 26.9. The first-order valence-electron chi connectivity index (χ1n) is 11.7. The maximum atomic E-state index is 12.9. The number of carboxylic acid groups (broad SMARTS) is 1. The quantitative estimate of drug-likeness (QED) is 0.176. The minimum atomic E-state index is -1.21. The van der Waals surface area contributed by atoms with Crippen molar-refractivity contribution in [3.05, 3.63) is 0 Å². The van der Waals surface area contributed by atoms with Gasteiger partial charge in [-0.15, -0.1) is 0 Å². The molecule has 13 heteroatoms. The van der Waals surface area contributed by atoms with E-state index in [2.05, 4.69) is 21.3 Å². The van der Waals surface area contributed by atoms with E-state index in [9.17, 15) is 28.8 Å². The Morgan fingerprint density at radius 2 is 1.51 bits per heavy atom. The van der Waals surface area contributed by atoms with E-state index in [0.717, 1.165) is 0 Å². The summed E-state index contributed by atoms with van der Waals surface area (Å²) >= 11 is 0. The lowest BCUT2D eigenvalue weighted by molar-refractivity contribution is -0.142. The van der Waals surface area contributed by atoms with Crippen molar-refractivity contribution in [3.63, 3.8) is 0 Å². The fourth-order valence-corrected chi connectivity index (χ4v) is 3.55. The molecule has 1 aliphatic heterocycles. The minimum Gasteiger partial charge on any atom is -0.480 e. The van der Waals surface area contributed by atoms with Gasteiger partial charge in [0.1, 0.15) is 24.7 Å². The summed E-state index contributed by atoms with van der Waals surface area (Å²) in [6.07, 6.45) is 0.939. The predicted octanol–water partition coefficient (Wildman–Crippen LogP) is -2.08. The molecule has 4 atom stereocenters. The van der Waals surface area contributed by atoms with E-state index in [1.54, 1.807) is 27.7 Å². The summed E-state index contributed by atoms with van der Waals surface area (Å²) in [6.45, 7) is 7.81. The number of rotatable bonds is 12. The molecule has 0 aliphatic carbocycles. The molecule has 5 amide bonds. The van der Waals surface area contributed by atoms with Crippen LogP contribution in [0.3, 0.4) is 0 Å². The van der Waals surface area contributed by atoms with Gasteiger partial charge in [0, 0.05) is 6.54 Å². The molecule has 0 aromatic heterocycles. The van der Waals surface area contributed by atoms with Crippen LogP contribution in [0.5, 0.6) is 0 Å². The van der Waals surface area contributed by atoms with E-state index in [-0.39, 0.29) is 18.4 Å². The van der Waals surface area contributed by atoms with Gasteiger partial charge in [-0.25, -0.2) is 0 Å². The molecule has 0 saturated carbocycles. The summed E-state index contributed by atoms with van der Waals surface area (Å²) in [6, 6.07) is -3.52. The second kappa shape index (κ2) is 13.6. The Hall–Kier alpha value is -3.22. The van der Waals surface area contributed by atoms with Gasteiger partial charge in [0.25, 0.3) is 0 Å². The highest BCUT2D eigenvalue weighted by atomic mass is 16.4. The molecule has 0 unspecified atom stereocenters. The van der Waals surface area contributed by atoms with Crippen LogP contribution < -0.4 is 27.0 Å². The minimum absolute atomic E-state index is 0.102. The molecule has 1 heterocycles. The number of carbonyl (C=O) groups excluding carboxylic acids is 5. The Bertz CT molecular complexity index is 816. The summed E-state index contributed by atoms with van der Waals surface area (Å²) in [7, 11) is 0. The van der Waals surface area contributed by atoms with E-state index in [4.69, 9.17) is 10.8 Å². The van der Waals surface area contributed by atoms with Gasteiger partial charge in [-0.2, -0.15) is 0 Å². The van der Waals surface area contributed by atoms with Crippen LogP contribution in [0.25, 0.3) is 0 Å². The summed E-state index contributed by atoms with van der Waals surface area (Å²) in [5.41, 5.74) is 5.73. The normalized spacial score (nSPS) is 17.9. The highest BCUT2D eigenvalue weighted by molar-refractivity contribution is 5.95. The van der Waals surface area contributed by atoms with Crippen LogP contribution in [0.15, 0.2) is 0 Å². The lowest BCUT2D eigenvalue weighted by Gasteiger charge is -2.29. The number of likely N-dealkylation sites (tertiary alicyclic amines) is 1. The van der Waals surface area contributed by atoms with Gasteiger partial charge >= 0.3 is 5.97 Å². The number of hydrogen-bond acceptors (Lipinski definition) is 7. The number of nitrogens with one attached hydrogen (secondary N) is 4. The zero-order valence-corrected chi connectivity index (χ0v) is 20.9. The topological polar surface area (TPSA) is 200 Å². The number of amides is 5. The highest BCUT2D eigenvalue weighted by Crippen LogP contribution is 2.19. The van der Waals surface area contributed by atoms with Crippen molar-refractivity contribution in [3.8, 4) is 0 Å². The molecule has 0 bridgehead atoms. The third kappa shape index (κ3) is 9.15. The van der Waals surface area contributed by atoms with Gasteiger partial charge in [0.05, 0.1) is 12.6 Å². The molecule has 198 valence electrons. The van der Waals surface area contributed by atoms with Crippen LogP contribution in [0.2, 0.25) is 0 Å². The van der Waals surface area contributed by atoms with Crippen LogP contribution in [-0.2, 0) is 28.8 Å². The first-order valence-corrected chi connectivity index (χ1v) is 11.7. The van der Waals surface area contributed by atoms with Crippen molar-refractivity contribution in [1.29, 1.82) is 0 Å². The fraction of sp³-hybridized carbons (Fsp3) is 0.727. The van der Waals surface area contributed by atoms with Gasteiger partial charge in [0.2, 0.25) is 29.5 Å². The van der Waals surface area contributed by atoms with Gasteiger partial charge in [-0.3, -0.25) is 28.8 Å². The SMILES string of the molecule is CC(C)[C@H](N)C(=O)NCC(=O)N[C@@H](C)C(=O)N1CCC[C@H]1C(=O)N[C@H](C(=O)NCC(=O)O)C(C)C. The molecular weight excluding hydrogens is 460 g/mol. The van der Waals surface area contributed by atoms with Crippen molar-refractivity contribution >= 4 is 35.5 Å². The summed E-state index contributed by atoms with van der Waals surface area (Å²) in [4.78, 5) is 74.3. The summed E-state index contributed by atoms with van der Waals surface area (Å²) < 4.78 is 0. The fourth-order valence-electron chi connectivity index (χ4n) is 3.55. The monoisotopic (exact) mass is 498 g/mol. The van der Waals surface area contributed by atoms with E-state index >= 15 is 0 Å². The maximum absolute atomic E-state index is 12.9. The molecule has 0 spiro atoms. The van der Waals surface area contributed by atoms with Crippen LogP contribution in [0, 0.1) is 11.8 Å². The molecule has 7 N–H and O–H groups in total. The number of carboxylic acids is 1. The van der Waals surface area contributed by atoms with Crippen LogP contribution >= 0.6 is 0 Å². The molecule has 1 aliphatic rings. The lowest BCUT2D eigenvalue weighted by Crippen LogP contribution is -2.57. The molecule has 0 aromatic carbocycles. The van der Waals surface area contributed by atoms with Crippen molar-refractivity contribution in [1.82, 2.24) is 26.2 Å². The Morgan fingerprint density at radius 3 is 2.06 bits per heavy atom. The number of nitrogens with zero attached hydrogens (tertiary/aromatic N) is 1. The van der Waals surface area contributed by atoms with Crippen LogP contribution in [0.1, 0.15) is 47.5 Å². The molecule has 13 nitrogen and oxygen atoms in total. The Balaban J connectivity index is 2.71. The predicted molar refractivity (Wildman–Crippen MR) is 126 cm³/mol. The van der Waals surface area contributed by atoms with Crippen molar-refractivity contribution in [2.45, 2.75) is 71.6 Å². The smallest absolute Gasteiger partial charge is 0.322 e. The van der Waals surface area contributed by atoms with E-state index in [1.807, 2.05) is 0 Å². The third-order valence-electron chi connectivity index (χ3n) is 5.69. The lowest BCUT2D eigenvalue weighted by atomic mass is 10.0. The van der Waals surface area contributed by atoms with Gasteiger partial charge < -0.3 is 37.0 Å². The Labute approximate surface area is 204 Å². The first-order chi connectivity index (χ1) is 16.3.